The van der Waals surface area contributed by atoms with Crippen LogP contribution < -0.4 is 11.1 Å². The Morgan fingerprint density at radius 2 is 2.06 bits per heavy atom. The molecule has 0 aliphatic heterocycles. The molecule has 2 unspecified atom stereocenters. The van der Waals surface area contributed by atoms with E-state index in [2.05, 4.69) is 5.32 Å². The minimum atomic E-state index is -0.842. The van der Waals surface area contributed by atoms with Gasteiger partial charge in [0.1, 0.15) is 0 Å². The second kappa shape index (κ2) is 8.10. The second-order valence-corrected chi connectivity index (χ2v) is 4.17. The number of hydrogen-bond acceptors (Lipinski definition) is 3. The summed E-state index contributed by atoms with van der Waals surface area (Å²) in [5.74, 6) is -1.12. The first-order valence-electron chi connectivity index (χ1n) is 5.70. The van der Waals surface area contributed by atoms with Crippen LogP contribution in [0.2, 0.25) is 0 Å². The van der Waals surface area contributed by atoms with Gasteiger partial charge in [0.05, 0.1) is 5.92 Å². The highest BCUT2D eigenvalue weighted by atomic mass is 16.4. The fraction of sp³-hybridized carbons (Fsp3) is 0.818. The van der Waals surface area contributed by atoms with E-state index in [4.69, 9.17) is 10.8 Å². The summed E-state index contributed by atoms with van der Waals surface area (Å²) in [5.41, 5.74) is 5.49. The standard InChI is InChI=1S/C11H22N2O3/c1-3-4-9(6-12)11(16)13-7-8(2)5-10(14)15/h8-9H,3-7,12H2,1-2H3,(H,13,16)(H,14,15). The summed E-state index contributed by atoms with van der Waals surface area (Å²) in [5, 5.41) is 11.3. The van der Waals surface area contributed by atoms with E-state index >= 15 is 0 Å². The molecule has 0 aliphatic carbocycles. The molecule has 0 heterocycles. The maximum Gasteiger partial charge on any atom is 0.303 e. The van der Waals surface area contributed by atoms with Gasteiger partial charge < -0.3 is 16.2 Å². The van der Waals surface area contributed by atoms with Gasteiger partial charge in [-0.05, 0) is 12.3 Å². The summed E-state index contributed by atoms with van der Waals surface area (Å²) in [6.07, 6.45) is 1.76. The maximum atomic E-state index is 11.6. The van der Waals surface area contributed by atoms with Crippen LogP contribution in [0, 0.1) is 11.8 Å². The van der Waals surface area contributed by atoms with Crippen molar-refractivity contribution in [1.82, 2.24) is 5.32 Å². The third-order valence-electron chi connectivity index (χ3n) is 2.44. The summed E-state index contributed by atoms with van der Waals surface area (Å²) < 4.78 is 0. The van der Waals surface area contributed by atoms with Gasteiger partial charge in [0.15, 0.2) is 0 Å². The van der Waals surface area contributed by atoms with Crippen LogP contribution in [-0.4, -0.2) is 30.1 Å². The highest BCUT2D eigenvalue weighted by molar-refractivity contribution is 5.78. The van der Waals surface area contributed by atoms with Gasteiger partial charge in [-0.2, -0.15) is 0 Å². The Hall–Kier alpha value is -1.10. The summed E-state index contributed by atoms with van der Waals surface area (Å²) in [6.45, 7) is 4.53. The van der Waals surface area contributed by atoms with Crippen LogP contribution in [0.15, 0.2) is 0 Å². The fourth-order valence-electron chi connectivity index (χ4n) is 1.49. The van der Waals surface area contributed by atoms with Gasteiger partial charge in [-0.1, -0.05) is 20.3 Å². The van der Waals surface area contributed by atoms with Crippen molar-refractivity contribution in [3.8, 4) is 0 Å². The van der Waals surface area contributed by atoms with E-state index in [1.807, 2.05) is 6.92 Å². The van der Waals surface area contributed by atoms with E-state index < -0.39 is 5.97 Å². The molecule has 0 fully saturated rings. The lowest BCUT2D eigenvalue weighted by Crippen LogP contribution is -2.37. The molecule has 4 N–H and O–H groups in total. The number of rotatable bonds is 8. The van der Waals surface area contributed by atoms with Crippen LogP contribution >= 0.6 is 0 Å². The van der Waals surface area contributed by atoms with Crippen molar-refractivity contribution >= 4 is 11.9 Å². The van der Waals surface area contributed by atoms with E-state index in [9.17, 15) is 9.59 Å². The molecule has 0 aromatic heterocycles. The van der Waals surface area contributed by atoms with Crippen molar-refractivity contribution in [2.75, 3.05) is 13.1 Å². The van der Waals surface area contributed by atoms with Crippen molar-refractivity contribution in [2.45, 2.75) is 33.1 Å². The average Bonchev–Trinajstić information content (AvgIpc) is 2.21. The maximum absolute atomic E-state index is 11.6. The Balaban J connectivity index is 3.90. The van der Waals surface area contributed by atoms with Crippen LogP contribution in [0.3, 0.4) is 0 Å². The smallest absolute Gasteiger partial charge is 0.303 e. The first-order chi connectivity index (χ1) is 7.51. The molecular weight excluding hydrogens is 208 g/mol. The molecular formula is C11H22N2O3. The Morgan fingerprint density at radius 1 is 1.44 bits per heavy atom. The van der Waals surface area contributed by atoms with E-state index in [-0.39, 0.29) is 24.2 Å². The zero-order valence-electron chi connectivity index (χ0n) is 10.0. The largest absolute Gasteiger partial charge is 0.481 e. The van der Waals surface area contributed by atoms with Gasteiger partial charge in [0.2, 0.25) is 5.91 Å². The molecule has 0 aromatic carbocycles. The van der Waals surface area contributed by atoms with E-state index in [1.165, 1.54) is 0 Å². The topological polar surface area (TPSA) is 92.4 Å². The number of carboxylic acid groups (broad SMARTS) is 1. The van der Waals surface area contributed by atoms with Crippen LogP contribution in [0.25, 0.3) is 0 Å². The number of nitrogens with two attached hydrogens (primary N) is 1. The predicted molar refractivity (Wildman–Crippen MR) is 61.9 cm³/mol. The molecule has 0 saturated heterocycles. The Kier molecular flexibility index (Phi) is 7.54. The van der Waals surface area contributed by atoms with Gasteiger partial charge in [-0.3, -0.25) is 9.59 Å². The number of carboxylic acids is 1. The Bertz CT molecular complexity index is 231. The summed E-state index contributed by atoms with van der Waals surface area (Å²) in [6, 6.07) is 0. The number of carbonyl (C=O) groups excluding carboxylic acids is 1. The third kappa shape index (κ3) is 6.40. The lowest BCUT2D eigenvalue weighted by atomic mass is 10.0. The normalized spacial score (nSPS) is 14.2. The summed E-state index contributed by atoms with van der Waals surface area (Å²) >= 11 is 0. The molecule has 0 bridgehead atoms. The van der Waals surface area contributed by atoms with Gasteiger partial charge in [-0.15, -0.1) is 0 Å². The number of hydrogen-bond donors (Lipinski definition) is 3. The second-order valence-electron chi connectivity index (χ2n) is 4.17. The molecule has 0 radical (unpaired) electrons. The third-order valence-corrected chi connectivity index (χ3v) is 2.44. The molecule has 0 rings (SSSR count). The van der Waals surface area contributed by atoms with Crippen LogP contribution in [0.1, 0.15) is 33.1 Å². The number of nitrogens with one attached hydrogen (secondary N) is 1. The Morgan fingerprint density at radius 3 is 2.50 bits per heavy atom. The van der Waals surface area contributed by atoms with Crippen molar-refractivity contribution in [2.24, 2.45) is 17.6 Å². The van der Waals surface area contributed by atoms with Crippen molar-refractivity contribution in [1.29, 1.82) is 0 Å². The Labute approximate surface area is 96.4 Å². The number of amides is 1. The lowest BCUT2D eigenvalue weighted by Gasteiger charge is -2.16. The molecule has 2 atom stereocenters. The fourth-order valence-corrected chi connectivity index (χ4v) is 1.49. The van der Waals surface area contributed by atoms with Gasteiger partial charge in [0.25, 0.3) is 0 Å². The quantitative estimate of drug-likeness (QED) is 0.569. The zero-order valence-corrected chi connectivity index (χ0v) is 10.0. The minimum Gasteiger partial charge on any atom is -0.481 e. The molecule has 1 amide bonds. The van der Waals surface area contributed by atoms with E-state index in [1.54, 1.807) is 6.92 Å². The molecule has 94 valence electrons. The molecule has 0 aromatic rings. The van der Waals surface area contributed by atoms with Gasteiger partial charge in [-0.25, -0.2) is 0 Å². The highest BCUT2D eigenvalue weighted by Gasteiger charge is 2.16. The summed E-state index contributed by atoms with van der Waals surface area (Å²) in [7, 11) is 0. The van der Waals surface area contributed by atoms with Crippen LogP contribution in [-0.2, 0) is 9.59 Å². The first kappa shape index (κ1) is 14.9. The molecule has 0 saturated carbocycles. The molecule has 16 heavy (non-hydrogen) atoms. The zero-order chi connectivity index (χ0) is 12.6. The highest BCUT2D eigenvalue weighted by Crippen LogP contribution is 2.05. The average molecular weight is 230 g/mol. The molecule has 0 aliphatic rings. The minimum absolute atomic E-state index is 0.0542. The monoisotopic (exact) mass is 230 g/mol. The van der Waals surface area contributed by atoms with Gasteiger partial charge >= 0.3 is 5.97 Å². The van der Waals surface area contributed by atoms with Gasteiger partial charge in [0, 0.05) is 19.5 Å². The lowest BCUT2D eigenvalue weighted by molar-refractivity contribution is -0.138. The summed E-state index contributed by atoms with van der Waals surface area (Å²) in [4.78, 5) is 22.0. The molecule has 5 nitrogen and oxygen atoms in total. The molecule has 0 spiro atoms. The van der Waals surface area contributed by atoms with Crippen molar-refractivity contribution < 1.29 is 14.7 Å². The first-order valence-corrected chi connectivity index (χ1v) is 5.70. The number of carbonyl (C=O) groups is 2. The van der Waals surface area contributed by atoms with E-state index in [0.717, 1.165) is 12.8 Å². The van der Waals surface area contributed by atoms with E-state index in [0.29, 0.717) is 13.1 Å². The molecule has 5 heteroatoms. The number of aliphatic carboxylic acids is 1. The predicted octanol–water partition coefficient (Wildman–Crippen LogP) is 0.588. The van der Waals surface area contributed by atoms with Crippen molar-refractivity contribution in [3.05, 3.63) is 0 Å². The van der Waals surface area contributed by atoms with Crippen molar-refractivity contribution in [3.63, 3.8) is 0 Å². The SMILES string of the molecule is CCCC(CN)C(=O)NCC(C)CC(=O)O. The van der Waals surface area contributed by atoms with Crippen LogP contribution in [0.4, 0.5) is 0 Å². The van der Waals surface area contributed by atoms with Crippen LogP contribution in [0.5, 0.6) is 0 Å².